The number of hydrogen-bond acceptors (Lipinski definition) is 5. The lowest BCUT2D eigenvalue weighted by Gasteiger charge is -2.04. The molecule has 2 heterocycles. The molecule has 1 N–H and O–H groups in total. The number of hydrogen-bond donors (Lipinski definition) is 1. The van der Waals surface area contributed by atoms with Crippen LogP contribution in [-0.2, 0) is 24.9 Å². The Balaban J connectivity index is 1.58. The highest BCUT2D eigenvalue weighted by atomic mass is 16.2. The number of benzene rings is 1. The van der Waals surface area contributed by atoms with Crippen molar-refractivity contribution >= 4 is 5.91 Å². The van der Waals surface area contributed by atoms with Crippen molar-refractivity contribution in [2.45, 2.75) is 13.1 Å². The molecule has 3 rings (SSSR count). The minimum atomic E-state index is -0.182. The second kappa shape index (κ2) is 6.17. The molecule has 1 aromatic carbocycles. The Hall–Kier alpha value is -3.03. The summed E-state index contributed by atoms with van der Waals surface area (Å²) in [6.07, 6.45) is 1.69. The first kappa shape index (κ1) is 13.9. The highest BCUT2D eigenvalue weighted by Crippen LogP contribution is 2.11. The van der Waals surface area contributed by atoms with E-state index >= 15 is 0 Å². The SMILES string of the molecule is Cn1nccc1CNC(=O)Cn1nnc(-c2ccccc2)n1. The molecule has 1 amide bonds. The van der Waals surface area contributed by atoms with Crippen LogP contribution in [0.3, 0.4) is 0 Å². The van der Waals surface area contributed by atoms with E-state index < -0.39 is 0 Å². The lowest BCUT2D eigenvalue weighted by atomic mass is 10.2. The molecule has 2 aromatic heterocycles. The zero-order chi connectivity index (χ0) is 15.4. The molecule has 0 fully saturated rings. The van der Waals surface area contributed by atoms with E-state index in [0.717, 1.165) is 11.3 Å². The molecule has 0 radical (unpaired) electrons. The van der Waals surface area contributed by atoms with Crippen molar-refractivity contribution in [2.24, 2.45) is 7.05 Å². The van der Waals surface area contributed by atoms with Crippen LogP contribution in [0, 0.1) is 0 Å². The van der Waals surface area contributed by atoms with E-state index in [1.165, 1.54) is 4.80 Å². The van der Waals surface area contributed by atoms with Crippen molar-refractivity contribution in [3.63, 3.8) is 0 Å². The van der Waals surface area contributed by atoms with Gasteiger partial charge in [0.05, 0.1) is 12.2 Å². The molecule has 0 aliphatic rings. The molecule has 112 valence electrons. The van der Waals surface area contributed by atoms with Crippen LogP contribution in [0.15, 0.2) is 42.6 Å². The third-order valence-corrected chi connectivity index (χ3v) is 3.16. The number of nitrogens with one attached hydrogen (secondary N) is 1. The molecular formula is C14H15N7O. The van der Waals surface area contributed by atoms with Crippen LogP contribution in [-0.4, -0.2) is 35.9 Å². The number of rotatable bonds is 5. The van der Waals surface area contributed by atoms with Crippen LogP contribution >= 0.6 is 0 Å². The van der Waals surface area contributed by atoms with Crippen LogP contribution < -0.4 is 5.32 Å². The number of aromatic nitrogens is 6. The zero-order valence-electron chi connectivity index (χ0n) is 12.0. The Labute approximate surface area is 126 Å². The molecule has 0 atom stereocenters. The van der Waals surface area contributed by atoms with Crippen molar-refractivity contribution < 1.29 is 4.79 Å². The average molecular weight is 297 g/mol. The van der Waals surface area contributed by atoms with E-state index in [1.807, 2.05) is 43.4 Å². The fourth-order valence-corrected chi connectivity index (χ4v) is 1.96. The summed E-state index contributed by atoms with van der Waals surface area (Å²) in [6.45, 7) is 0.438. The largest absolute Gasteiger partial charge is 0.349 e. The molecule has 22 heavy (non-hydrogen) atoms. The van der Waals surface area contributed by atoms with E-state index in [9.17, 15) is 4.79 Å². The van der Waals surface area contributed by atoms with Crippen LogP contribution in [0.1, 0.15) is 5.69 Å². The highest BCUT2D eigenvalue weighted by Gasteiger charge is 2.09. The van der Waals surface area contributed by atoms with Gasteiger partial charge in [0, 0.05) is 18.8 Å². The molecule has 0 unspecified atom stereocenters. The number of carbonyl (C=O) groups is 1. The van der Waals surface area contributed by atoms with Gasteiger partial charge in [0.15, 0.2) is 0 Å². The van der Waals surface area contributed by atoms with Gasteiger partial charge in [-0.25, -0.2) is 0 Å². The average Bonchev–Trinajstić information content (AvgIpc) is 3.15. The third-order valence-electron chi connectivity index (χ3n) is 3.16. The normalized spacial score (nSPS) is 10.6. The maximum absolute atomic E-state index is 11.9. The summed E-state index contributed by atoms with van der Waals surface area (Å²) in [7, 11) is 1.83. The van der Waals surface area contributed by atoms with Gasteiger partial charge >= 0.3 is 0 Å². The summed E-state index contributed by atoms with van der Waals surface area (Å²) in [5.41, 5.74) is 1.79. The monoisotopic (exact) mass is 297 g/mol. The second-order valence-corrected chi connectivity index (χ2v) is 4.73. The predicted molar refractivity (Wildman–Crippen MR) is 78.3 cm³/mol. The van der Waals surface area contributed by atoms with Gasteiger partial charge in [0.2, 0.25) is 11.7 Å². The summed E-state index contributed by atoms with van der Waals surface area (Å²) in [4.78, 5) is 13.2. The summed E-state index contributed by atoms with van der Waals surface area (Å²) < 4.78 is 1.71. The van der Waals surface area contributed by atoms with Gasteiger partial charge < -0.3 is 5.32 Å². The van der Waals surface area contributed by atoms with Crippen LogP contribution in [0.4, 0.5) is 0 Å². The standard InChI is InChI=1S/C14H15N7O/c1-20-12(7-8-16-20)9-15-13(22)10-21-18-14(17-19-21)11-5-3-2-4-6-11/h2-8H,9-10H2,1H3,(H,15,22). The minimum Gasteiger partial charge on any atom is -0.349 e. The lowest BCUT2D eigenvalue weighted by Crippen LogP contribution is -2.28. The molecule has 0 bridgehead atoms. The highest BCUT2D eigenvalue weighted by molar-refractivity contribution is 5.75. The fourth-order valence-electron chi connectivity index (χ4n) is 1.96. The molecule has 8 heteroatoms. The molecule has 3 aromatic rings. The summed E-state index contributed by atoms with van der Waals surface area (Å²) in [6, 6.07) is 11.3. The number of tetrazole rings is 1. The summed E-state index contributed by atoms with van der Waals surface area (Å²) in [5, 5.41) is 18.9. The Morgan fingerprint density at radius 3 is 2.77 bits per heavy atom. The molecule has 0 aliphatic carbocycles. The van der Waals surface area contributed by atoms with Gasteiger partial charge in [-0.3, -0.25) is 9.48 Å². The van der Waals surface area contributed by atoms with Gasteiger partial charge in [-0.1, -0.05) is 30.3 Å². The third kappa shape index (κ3) is 3.17. The quantitative estimate of drug-likeness (QED) is 0.735. The van der Waals surface area contributed by atoms with Crippen molar-refractivity contribution in [1.82, 2.24) is 35.3 Å². The smallest absolute Gasteiger partial charge is 0.243 e. The first-order valence-electron chi connectivity index (χ1n) is 6.79. The van der Waals surface area contributed by atoms with Crippen molar-refractivity contribution in [1.29, 1.82) is 0 Å². The maximum atomic E-state index is 11.9. The summed E-state index contributed by atoms with van der Waals surface area (Å²) >= 11 is 0. The minimum absolute atomic E-state index is 0.0255. The number of carbonyl (C=O) groups excluding carboxylic acids is 1. The van der Waals surface area contributed by atoms with Crippen molar-refractivity contribution in [2.75, 3.05) is 0 Å². The molecular weight excluding hydrogens is 282 g/mol. The van der Waals surface area contributed by atoms with Gasteiger partial charge in [0.1, 0.15) is 6.54 Å². The number of amides is 1. The summed E-state index contributed by atoms with van der Waals surface area (Å²) in [5.74, 6) is 0.318. The molecule has 0 saturated carbocycles. The lowest BCUT2D eigenvalue weighted by molar-refractivity contribution is -0.122. The van der Waals surface area contributed by atoms with Crippen molar-refractivity contribution in [3.05, 3.63) is 48.3 Å². The maximum Gasteiger partial charge on any atom is 0.243 e. The molecule has 0 aliphatic heterocycles. The van der Waals surface area contributed by atoms with Gasteiger partial charge in [-0.2, -0.15) is 9.90 Å². The fraction of sp³-hybridized carbons (Fsp3) is 0.214. The Morgan fingerprint density at radius 1 is 1.23 bits per heavy atom. The molecule has 8 nitrogen and oxygen atoms in total. The van der Waals surface area contributed by atoms with E-state index in [1.54, 1.807) is 10.9 Å². The molecule has 0 saturated heterocycles. The van der Waals surface area contributed by atoms with Crippen molar-refractivity contribution in [3.8, 4) is 11.4 Å². The number of nitrogens with zero attached hydrogens (tertiary/aromatic N) is 6. The predicted octanol–water partition coefficient (Wildman–Crippen LogP) is 0.390. The number of aryl methyl sites for hydroxylation is 1. The zero-order valence-corrected chi connectivity index (χ0v) is 12.0. The van der Waals surface area contributed by atoms with Gasteiger partial charge in [-0.15, -0.1) is 10.2 Å². The first-order chi connectivity index (χ1) is 10.7. The van der Waals surface area contributed by atoms with Gasteiger partial charge in [0.25, 0.3) is 0 Å². The Bertz CT molecular complexity index is 762. The topological polar surface area (TPSA) is 90.5 Å². The van der Waals surface area contributed by atoms with E-state index in [2.05, 4.69) is 25.8 Å². The van der Waals surface area contributed by atoms with Crippen LogP contribution in [0.25, 0.3) is 11.4 Å². The van der Waals surface area contributed by atoms with Crippen LogP contribution in [0.5, 0.6) is 0 Å². The Kier molecular flexibility index (Phi) is 3.90. The van der Waals surface area contributed by atoms with Gasteiger partial charge in [-0.05, 0) is 11.3 Å². The van der Waals surface area contributed by atoms with E-state index in [4.69, 9.17) is 0 Å². The Morgan fingerprint density at radius 2 is 2.05 bits per heavy atom. The first-order valence-corrected chi connectivity index (χ1v) is 6.79. The second-order valence-electron chi connectivity index (χ2n) is 4.73. The van der Waals surface area contributed by atoms with E-state index in [-0.39, 0.29) is 12.5 Å². The molecule has 0 spiro atoms. The van der Waals surface area contributed by atoms with Crippen LogP contribution in [0.2, 0.25) is 0 Å². The van der Waals surface area contributed by atoms with E-state index in [0.29, 0.717) is 12.4 Å².